The zero-order chi connectivity index (χ0) is 17.6. The number of carbonyl (C=O) groups is 1. The number of hydrogen-bond acceptors (Lipinski definition) is 3. The number of fused-ring (bicyclic) bond motifs is 4. The number of nitrogens with zero attached hydrogens (tertiary/aromatic N) is 1. The van der Waals surface area contributed by atoms with Crippen LogP contribution < -0.4 is 10.1 Å². The molecule has 1 aliphatic carbocycles. The summed E-state index contributed by atoms with van der Waals surface area (Å²) >= 11 is 0. The second-order valence-corrected chi connectivity index (χ2v) is 7.65. The number of nitrogens with one attached hydrogen (secondary N) is 1. The summed E-state index contributed by atoms with van der Waals surface area (Å²) in [5.74, 6) is 1.30. The van der Waals surface area contributed by atoms with Gasteiger partial charge < -0.3 is 15.0 Å². The molecule has 0 saturated carbocycles. The van der Waals surface area contributed by atoms with Crippen LogP contribution in [-0.4, -0.2) is 37.2 Å². The van der Waals surface area contributed by atoms with Gasteiger partial charge in [-0.2, -0.15) is 0 Å². The maximum Gasteiger partial charge on any atom is 0.412 e. The summed E-state index contributed by atoms with van der Waals surface area (Å²) in [6, 6.07) is 6.87. The Balaban J connectivity index is 1.50. The third-order valence-electron chi connectivity index (χ3n) is 5.78. The predicted octanol–water partition coefficient (Wildman–Crippen LogP) is 4.48. The standard InChI is InChI=1S/C21H32N2O2/c1-3-4-5-6-7-11-22-21(24)25-19-9-8-16-13-18-14-17(20(16)15-19)10-12-23(18)2/h8-9,15,17-18H,3-7,10-14H2,1-2H3,(H,22,24)/t17-,18-/m1/s1. The molecule has 4 heteroatoms. The van der Waals surface area contributed by atoms with E-state index in [-0.39, 0.29) is 6.09 Å². The highest BCUT2D eigenvalue weighted by atomic mass is 16.6. The average Bonchev–Trinajstić information content (AvgIpc) is 2.61. The predicted molar refractivity (Wildman–Crippen MR) is 101 cm³/mol. The number of benzene rings is 1. The SMILES string of the molecule is CCCCCCCNC(=O)Oc1ccc2c(c1)[C@@H]1CCN(C)[C@H](C2)C1. The third-order valence-corrected chi connectivity index (χ3v) is 5.78. The molecule has 25 heavy (non-hydrogen) atoms. The first-order valence-corrected chi connectivity index (χ1v) is 9.96. The maximum absolute atomic E-state index is 12.0. The first-order valence-electron chi connectivity index (χ1n) is 9.96. The van der Waals surface area contributed by atoms with Crippen molar-refractivity contribution in [1.82, 2.24) is 10.2 Å². The minimum absolute atomic E-state index is 0.326. The fourth-order valence-corrected chi connectivity index (χ4v) is 4.21. The van der Waals surface area contributed by atoms with Crippen LogP contribution in [0.4, 0.5) is 4.79 Å². The minimum atomic E-state index is -0.326. The van der Waals surface area contributed by atoms with E-state index in [1.807, 2.05) is 6.07 Å². The molecule has 1 saturated heterocycles. The molecule has 1 fully saturated rings. The second kappa shape index (κ2) is 8.70. The lowest BCUT2D eigenvalue weighted by molar-refractivity contribution is 0.156. The Bertz CT molecular complexity index is 587. The molecule has 1 N–H and O–H groups in total. The molecule has 1 aliphatic heterocycles. The van der Waals surface area contributed by atoms with Crippen LogP contribution in [0.25, 0.3) is 0 Å². The Morgan fingerprint density at radius 3 is 2.96 bits per heavy atom. The summed E-state index contributed by atoms with van der Waals surface area (Å²) < 4.78 is 5.51. The van der Waals surface area contributed by atoms with Gasteiger partial charge in [-0.15, -0.1) is 0 Å². The molecule has 4 nitrogen and oxygen atoms in total. The molecule has 1 aromatic carbocycles. The number of rotatable bonds is 7. The van der Waals surface area contributed by atoms with E-state index in [9.17, 15) is 4.79 Å². The van der Waals surface area contributed by atoms with Gasteiger partial charge in [0.2, 0.25) is 0 Å². The summed E-state index contributed by atoms with van der Waals surface area (Å²) in [6.07, 6.45) is 9.18. The van der Waals surface area contributed by atoms with Gasteiger partial charge in [0, 0.05) is 12.6 Å². The second-order valence-electron chi connectivity index (χ2n) is 7.65. The van der Waals surface area contributed by atoms with E-state index < -0.39 is 0 Å². The Labute approximate surface area is 151 Å². The van der Waals surface area contributed by atoms with Crippen molar-refractivity contribution >= 4 is 6.09 Å². The van der Waals surface area contributed by atoms with Crippen LogP contribution in [0.3, 0.4) is 0 Å². The highest BCUT2D eigenvalue weighted by Crippen LogP contribution is 2.40. The van der Waals surface area contributed by atoms with Crippen LogP contribution in [0.5, 0.6) is 5.75 Å². The zero-order valence-electron chi connectivity index (χ0n) is 15.7. The quantitative estimate of drug-likeness (QED) is 0.742. The van der Waals surface area contributed by atoms with E-state index in [2.05, 4.69) is 36.3 Å². The molecule has 0 aromatic heterocycles. The lowest BCUT2D eigenvalue weighted by Crippen LogP contribution is -2.43. The Morgan fingerprint density at radius 2 is 2.12 bits per heavy atom. The molecule has 2 aliphatic rings. The summed E-state index contributed by atoms with van der Waals surface area (Å²) in [5, 5.41) is 2.87. The average molecular weight is 344 g/mol. The van der Waals surface area contributed by atoms with Crippen LogP contribution >= 0.6 is 0 Å². The van der Waals surface area contributed by atoms with Crippen LogP contribution in [0.2, 0.25) is 0 Å². The summed E-state index contributed by atoms with van der Waals surface area (Å²) in [5.41, 5.74) is 2.82. The van der Waals surface area contributed by atoms with Gasteiger partial charge >= 0.3 is 6.09 Å². The third kappa shape index (κ3) is 4.75. The van der Waals surface area contributed by atoms with Gasteiger partial charge in [0.15, 0.2) is 0 Å². The molecule has 0 unspecified atom stereocenters. The van der Waals surface area contributed by atoms with Crippen LogP contribution in [0.1, 0.15) is 68.9 Å². The fourth-order valence-electron chi connectivity index (χ4n) is 4.21. The van der Waals surface area contributed by atoms with Crippen molar-refractivity contribution in [2.45, 2.75) is 70.3 Å². The summed E-state index contributed by atoms with van der Waals surface area (Å²) in [6.45, 7) is 4.07. The van der Waals surface area contributed by atoms with Crippen molar-refractivity contribution in [1.29, 1.82) is 0 Å². The van der Waals surface area contributed by atoms with E-state index in [0.29, 0.717) is 24.3 Å². The van der Waals surface area contributed by atoms with Crippen LogP contribution in [-0.2, 0) is 6.42 Å². The maximum atomic E-state index is 12.0. The molecular weight excluding hydrogens is 312 g/mol. The number of ether oxygens (including phenoxy) is 1. The lowest BCUT2D eigenvalue weighted by Gasteiger charge is -2.42. The molecule has 1 amide bonds. The van der Waals surface area contributed by atoms with Gasteiger partial charge in [0.1, 0.15) is 5.75 Å². The monoisotopic (exact) mass is 344 g/mol. The molecular formula is C21H32N2O2. The number of likely N-dealkylation sites (N-methyl/N-ethyl adjacent to an activating group) is 1. The van der Waals surface area contributed by atoms with Gasteiger partial charge in [0.05, 0.1) is 0 Å². The lowest BCUT2D eigenvalue weighted by atomic mass is 9.75. The first-order chi connectivity index (χ1) is 12.2. The molecule has 138 valence electrons. The van der Waals surface area contributed by atoms with Crippen molar-refractivity contribution in [3.8, 4) is 5.75 Å². The van der Waals surface area contributed by atoms with E-state index in [1.165, 1.54) is 56.2 Å². The van der Waals surface area contributed by atoms with Crippen LogP contribution in [0.15, 0.2) is 18.2 Å². The molecule has 0 radical (unpaired) electrons. The smallest absolute Gasteiger partial charge is 0.410 e. The Morgan fingerprint density at radius 1 is 1.28 bits per heavy atom. The Kier molecular flexibility index (Phi) is 6.35. The molecule has 0 spiro atoms. The fraction of sp³-hybridized carbons (Fsp3) is 0.667. The normalized spacial score (nSPS) is 22.3. The number of carbonyl (C=O) groups excluding carboxylic acids is 1. The van der Waals surface area contributed by atoms with E-state index in [4.69, 9.17) is 4.74 Å². The topological polar surface area (TPSA) is 41.6 Å². The highest BCUT2D eigenvalue weighted by Gasteiger charge is 2.33. The number of likely N-dealkylation sites (tertiary alicyclic amines) is 1. The first kappa shape index (κ1) is 18.2. The summed E-state index contributed by atoms with van der Waals surface area (Å²) in [7, 11) is 2.23. The van der Waals surface area contributed by atoms with Crippen molar-refractivity contribution in [2.75, 3.05) is 20.1 Å². The largest absolute Gasteiger partial charge is 0.412 e. The number of piperidine rings is 1. The minimum Gasteiger partial charge on any atom is -0.410 e. The number of amides is 1. The van der Waals surface area contributed by atoms with Crippen molar-refractivity contribution < 1.29 is 9.53 Å². The zero-order valence-corrected chi connectivity index (χ0v) is 15.7. The van der Waals surface area contributed by atoms with Crippen molar-refractivity contribution in [3.63, 3.8) is 0 Å². The van der Waals surface area contributed by atoms with Gasteiger partial charge in [0.25, 0.3) is 0 Å². The van der Waals surface area contributed by atoms with Gasteiger partial charge in [-0.1, -0.05) is 38.7 Å². The highest BCUT2D eigenvalue weighted by molar-refractivity contribution is 5.70. The van der Waals surface area contributed by atoms with Crippen LogP contribution in [0, 0.1) is 0 Å². The van der Waals surface area contributed by atoms with E-state index in [0.717, 1.165) is 12.8 Å². The van der Waals surface area contributed by atoms with Gasteiger partial charge in [-0.3, -0.25) is 0 Å². The number of unbranched alkanes of at least 4 members (excludes halogenated alkanes) is 4. The molecule has 1 aromatic rings. The van der Waals surface area contributed by atoms with Gasteiger partial charge in [-0.05, 0) is 68.5 Å². The Hall–Kier alpha value is -1.55. The molecule has 3 rings (SSSR count). The molecule has 2 atom stereocenters. The summed E-state index contributed by atoms with van der Waals surface area (Å²) in [4.78, 5) is 14.5. The van der Waals surface area contributed by atoms with E-state index in [1.54, 1.807) is 0 Å². The van der Waals surface area contributed by atoms with Crippen molar-refractivity contribution in [3.05, 3.63) is 29.3 Å². The van der Waals surface area contributed by atoms with E-state index >= 15 is 0 Å². The molecule has 2 bridgehead atoms. The van der Waals surface area contributed by atoms with Crippen molar-refractivity contribution in [2.24, 2.45) is 0 Å². The molecule has 1 heterocycles. The van der Waals surface area contributed by atoms with Gasteiger partial charge in [-0.25, -0.2) is 4.79 Å². The number of hydrogen-bond donors (Lipinski definition) is 1.